The summed E-state index contributed by atoms with van der Waals surface area (Å²) in [6.45, 7) is 2.87. The van der Waals surface area contributed by atoms with Crippen LogP contribution in [-0.2, 0) is 13.1 Å². The van der Waals surface area contributed by atoms with Crippen molar-refractivity contribution in [2.24, 2.45) is 0 Å². The Hall–Kier alpha value is -1.40. The summed E-state index contributed by atoms with van der Waals surface area (Å²) in [6, 6.07) is 8.70. The molecule has 0 saturated heterocycles. The van der Waals surface area contributed by atoms with Crippen LogP contribution >= 0.6 is 11.8 Å². The van der Waals surface area contributed by atoms with Crippen LogP contribution in [0.2, 0.25) is 0 Å². The third kappa shape index (κ3) is 4.65. The maximum Gasteiger partial charge on any atom is 0.138 e. The van der Waals surface area contributed by atoms with E-state index in [4.69, 9.17) is 0 Å². The molecule has 0 aliphatic rings. The van der Waals surface area contributed by atoms with Crippen molar-refractivity contribution in [1.29, 1.82) is 0 Å². The van der Waals surface area contributed by atoms with E-state index in [9.17, 15) is 0 Å². The molecule has 2 aromatic rings. The van der Waals surface area contributed by atoms with Gasteiger partial charge in [0.2, 0.25) is 0 Å². The number of tetrazole rings is 1. The maximum absolute atomic E-state index is 3.85. The van der Waals surface area contributed by atoms with Gasteiger partial charge in [0.05, 0.1) is 0 Å². The standard InChI is InChI=1S/C13H19N5S/c1-17(7-4-8-18-11-14-15-16-18)10-12-5-3-6-13(9-12)19-2/h3,5-6,9,11H,4,7-8,10H2,1-2H3. The molecule has 0 saturated carbocycles. The molecule has 0 unspecified atom stereocenters. The molecule has 0 amide bonds. The van der Waals surface area contributed by atoms with Crippen LogP contribution in [0.3, 0.4) is 0 Å². The fraction of sp³-hybridized carbons (Fsp3) is 0.462. The van der Waals surface area contributed by atoms with Crippen molar-refractivity contribution >= 4 is 11.8 Å². The minimum Gasteiger partial charge on any atom is -0.302 e. The number of nitrogens with zero attached hydrogens (tertiary/aromatic N) is 5. The number of thioether (sulfide) groups is 1. The Balaban J connectivity index is 1.75. The summed E-state index contributed by atoms with van der Waals surface area (Å²) < 4.78 is 1.77. The van der Waals surface area contributed by atoms with Crippen molar-refractivity contribution in [3.63, 3.8) is 0 Å². The molecule has 1 aromatic carbocycles. The summed E-state index contributed by atoms with van der Waals surface area (Å²) in [5.74, 6) is 0. The van der Waals surface area contributed by atoms with Gasteiger partial charge in [0.15, 0.2) is 0 Å². The van der Waals surface area contributed by atoms with Crippen LogP contribution in [0.4, 0.5) is 0 Å². The van der Waals surface area contributed by atoms with Gasteiger partial charge in [-0.15, -0.1) is 16.9 Å². The molecule has 2 rings (SSSR count). The minimum absolute atomic E-state index is 0.863. The van der Waals surface area contributed by atoms with Crippen LogP contribution in [0.25, 0.3) is 0 Å². The summed E-state index contributed by atoms with van der Waals surface area (Å²) in [7, 11) is 2.14. The van der Waals surface area contributed by atoms with Crippen molar-refractivity contribution in [2.45, 2.75) is 24.4 Å². The van der Waals surface area contributed by atoms with E-state index in [-0.39, 0.29) is 0 Å². The van der Waals surface area contributed by atoms with E-state index in [1.54, 1.807) is 22.8 Å². The zero-order valence-corrected chi connectivity index (χ0v) is 12.2. The van der Waals surface area contributed by atoms with Gasteiger partial charge in [0, 0.05) is 18.0 Å². The Morgan fingerprint density at radius 1 is 1.37 bits per heavy atom. The van der Waals surface area contributed by atoms with Gasteiger partial charge in [-0.3, -0.25) is 0 Å². The lowest BCUT2D eigenvalue weighted by molar-refractivity contribution is 0.310. The second kappa shape index (κ2) is 7.25. The van der Waals surface area contributed by atoms with Crippen LogP contribution in [0.5, 0.6) is 0 Å². The first kappa shape index (κ1) is 14.0. The molecule has 1 aromatic heterocycles. The molecule has 0 bridgehead atoms. The average Bonchev–Trinajstić information content (AvgIpc) is 2.92. The van der Waals surface area contributed by atoms with Crippen LogP contribution in [-0.4, -0.2) is 45.0 Å². The van der Waals surface area contributed by atoms with Gasteiger partial charge in [-0.1, -0.05) is 12.1 Å². The van der Waals surface area contributed by atoms with Crippen molar-refractivity contribution < 1.29 is 0 Å². The predicted octanol–water partition coefficient (Wildman–Crippen LogP) is 1.92. The summed E-state index contributed by atoms with van der Waals surface area (Å²) in [5, 5.41) is 11.1. The fourth-order valence-electron chi connectivity index (χ4n) is 1.95. The molecule has 0 radical (unpaired) electrons. The Labute approximate surface area is 118 Å². The van der Waals surface area contributed by atoms with E-state index < -0.39 is 0 Å². The lowest BCUT2D eigenvalue weighted by Gasteiger charge is -2.16. The lowest BCUT2D eigenvalue weighted by atomic mass is 10.2. The van der Waals surface area contributed by atoms with E-state index >= 15 is 0 Å². The zero-order valence-electron chi connectivity index (χ0n) is 11.4. The van der Waals surface area contributed by atoms with Gasteiger partial charge in [-0.25, -0.2) is 4.68 Å². The molecule has 0 N–H and O–H groups in total. The normalized spacial score (nSPS) is 11.1. The number of aromatic nitrogens is 4. The fourth-order valence-corrected chi connectivity index (χ4v) is 2.43. The number of rotatable bonds is 7. The smallest absolute Gasteiger partial charge is 0.138 e. The lowest BCUT2D eigenvalue weighted by Crippen LogP contribution is -2.20. The zero-order chi connectivity index (χ0) is 13.5. The van der Waals surface area contributed by atoms with Crippen LogP contribution in [0.1, 0.15) is 12.0 Å². The predicted molar refractivity (Wildman–Crippen MR) is 77.0 cm³/mol. The third-order valence-electron chi connectivity index (χ3n) is 2.91. The molecule has 6 heteroatoms. The highest BCUT2D eigenvalue weighted by molar-refractivity contribution is 7.98. The molecule has 5 nitrogen and oxygen atoms in total. The average molecular weight is 277 g/mol. The molecule has 0 fully saturated rings. The number of aryl methyl sites for hydroxylation is 1. The van der Waals surface area contributed by atoms with E-state index in [0.29, 0.717) is 0 Å². The highest BCUT2D eigenvalue weighted by atomic mass is 32.2. The summed E-state index contributed by atoms with van der Waals surface area (Å²) >= 11 is 1.78. The van der Waals surface area contributed by atoms with Gasteiger partial charge in [0.25, 0.3) is 0 Å². The molecule has 0 aliphatic heterocycles. The quantitative estimate of drug-likeness (QED) is 0.724. The topological polar surface area (TPSA) is 46.8 Å². The Morgan fingerprint density at radius 2 is 2.26 bits per heavy atom. The second-order valence-corrected chi connectivity index (χ2v) is 5.40. The second-order valence-electron chi connectivity index (χ2n) is 4.52. The molecule has 102 valence electrons. The Kier molecular flexibility index (Phi) is 5.35. The molecular weight excluding hydrogens is 258 g/mol. The van der Waals surface area contributed by atoms with E-state index in [1.807, 2.05) is 0 Å². The monoisotopic (exact) mass is 277 g/mol. The van der Waals surface area contributed by atoms with Gasteiger partial charge < -0.3 is 4.90 Å². The summed E-state index contributed by atoms with van der Waals surface area (Å²) in [6.07, 6.45) is 4.81. The maximum atomic E-state index is 3.85. The van der Waals surface area contributed by atoms with Crippen LogP contribution in [0, 0.1) is 0 Å². The molecule has 0 spiro atoms. The summed E-state index contributed by atoms with van der Waals surface area (Å²) in [5.41, 5.74) is 1.36. The molecule has 0 aliphatic carbocycles. The SMILES string of the molecule is CSc1cccc(CN(C)CCCn2cnnn2)c1. The number of benzene rings is 1. The Morgan fingerprint density at radius 3 is 3.00 bits per heavy atom. The highest BCUT2D eigenvalue weighted by Crippen LogP contribution is 2.16. The van der Waals surface area contributed by atoms with Gasteiger partial charge in [-0.2, -0.15) is 0 Å². The molecule has 1 heterocycles. The first-order valence-electron chi connectivity index (χ1n) is 6.30. The van der Waals surface area contributed by atoms with Crippen molar-refractivity contribution in [1.82, 2.24) is 25.1 Å². The van der Waals surface area contributed by atoms with Crippen molar-refractivity contribution in [2.75, 3.05) is 19.8 Å². The first-order valence-corrected chi connectivity index (χ1v) is 7.52. The van der Waals surface area contributed by atoms with Crippen LogP contribution in [0.15, 0.2) is 35.5 Å². The number of hydrogen-bond donors (Lipinski definition) is 0. The molecule has 0 atom stereocenters. The van der Waals surface area contributed by atoms with E-state index in [0.717, 1.165) is 26.1 Å². The van der Waals surface area contributed by atoms with Crippen molar-refractivity contribution in [3.05, 3.63) is 36.2 Å². The largest absolute Gasteiger partial charge is 0.302 e. The van der Waals surface area contributed by atoms with Crippen molar-refractivity contribution in [3.8, 4) is 0 Å². The minimum atomic E-state index is 0.863. The number of hydrogen-bond acceptors (Lipinski definition) is 5. The Bertz CT molecular complexity index is 486. The van der Waals surface area contributed by atoms with Gasteiger partial charge >= 0.3 is 0 Å². The van der Waals surface area contributed by atoms with E-state index in [2.05, 4.69) is 58.0 Å². The van der Waals surface area contributed by atoms with Gasteiger partial charge in [0.1, 0.15) is 6.33 Å². The van der Waals surface area contributed by atoms with Gasteiger partial charge in [-0.05, 0) is 54.4 Å². The molecular formula is C13H19N5S. The first-order chi connectivity index (χ1) is 9.28. The third-order valence-corrected chi connectivity index (χ3v) is 3.63. The van der Waals surface area contributed by atoms with Crippen LogP contribution < -0.4 is 0 Å². The molecule has 19 heavy (non-hydrogen) atoms. The summed E-state index contributed by atoms with van der Waals surface area (Å²) in [4.78, 5) is 3.64. The highest BCUT2D eigenvalue weighted by Gasteiger charge is 2.02. The van der Waals surface area contributed by atoms with E-state index in [1.165, 1.54) is 10.5 Å².